The summed E-state index contributed by atoms with van der Waals surface area (Å²) in [6, 6.07) is -0.569. The van der Waals surface area contributed by atoms with Gasteiger partial charge in [0.25, 0.3) is 0 Å². The van der Waals surface area contributed by atoms with Gasteiger partial charge in [-0.3, -0.25) is 19.3 Å². The number of hydrogen-bond acceptors (Lipinski definition) is 4. The lowest BCUT2D eigenvalue weighted by Crippen LogP contribution is -2.46. The van der Waals surface area contributed by atoms with Crippen molar-refractivity contribution in [1.82, 2.24) is 15.5 Å². The highest BCUT2D eigenvalue weighted by Gasteiger charge is 2.41. The van der Waals surface area contributed by atoms with Gasteiger partial charge in [0.2, 0.25) is 17.7 Å². The molecule has 0 aromatic carbocycles. The smallest absolute Gasteiger partial charge is 0.247 e. The Kier molecular flexibility index (Phi) is 3.65. The van der Waals surface area contributed by atoms with Gasteiger partial charge in [0.15, 0.2) is 0 Å². The van der Waals surface area contributed by atoms with Crippen molar-refractivity contribution in [3.63, 3.8) is 0 Å². The van der Waals surface area contributed by atoms with E-state index in [1.807, 2.05) is 13.8 Å². The number of amides is 3. The first kappa shape index (κ1) is 13.0. The predicted octanol–water partition coefficient (Wildman–Crippen LogP) is -0.609. The van der Waals surface area contributed by atoms with Crippen LogP contribution in [0.15, 0.2) is 0 Å². The van der Waals surface area contributed by atoms with Crippen LogP contribution in [-0.4, -0.2) is 47.3 Å². The molecule has 6 heteroatoms. The van der Waals surface area contributed by atoms with Crippen molar-refractivity contribution in [3.05, 3.63) is 0 Å². The minimum Gasteiger partial charge on any atom is -0.354 e. The second kappa shape index (κ2) is 5.06. The third-order valence-corrected chi connectivity index (χ3v) is 3.63. The number of carbonyl (C=O) groups excluding carboxylic acids is 3. The average Bonchev–Trinajstić information content (AvgIpc) is 2.84. The summed E-state index contributed by atoms with van der Waals surface area (Å²) in [5, 5.41) is 5.81. The Morgan fingerprint density at radius 1 is 1.39 bits per heavy atom. The molecule has 2 saturated heterocycles. The number of nitrogens with one attached hydrogen (secondary N) is 2. The van der Waals surface area contributed by atoms with Crippen molar-refractivity contribution in [3.8, 4) is 0 Å². The van der Waals surface area contributed by atoms with Crippen LogP contribution in [0.4, 0.5) is 0 Å². The largest absolute Gasteiger partial charge is 0.354 e. The summed E-state index contributed by atoms with van der Waals surface area (Å²) in [5.41, 5.74) is 0. The monoisotopic (exact) mass is 253 g/mol. The second-order valence-electron chi connectivity index (χ2n) is 4.99. The Labute approximate surface area is 106 Å². The Balaban J connectivity index is 1.97. The highest BCUT2D eigenvalue weighted by atomic mass is 16.2. The molecule has 100 valence electrons. The van der Waals surface area contributed by atoms with E-state index in [2.05, 4.69) is 10.6 Å². The Morgan fingerprint density at radius 3 is 2.67 bits per heavy atom. The molecule has 2 rings (SSSR count). The van der Waals surface area contributed by atoms with E-state index in [0.29, 0.717) is 13.0 Å². The summed E-state index contributed by atoms with van der Waals surface area (Å²) in [4.78, 5) is 36.4. The van der Waals surface area contributed by atoms with Crippen LogP contribution in [0.3, 0.4) is 0 Å². The summed E-state index contributed by atoms with van der Waals surface area (Å²) >= 11 is 0. The lowest BCUT2D eigenvalue weighted by Gasteiger charge is -2.22. The molecule has 2 aliphatic rings. The second-order valence-corrected chi connectivity index (χ2v) is 4.99. The first-order valence-corrected chi connectivity index (χ1v) is 6.41. The highest BCUT2D eigenvalue weighted by molar-refractivity contribution is 6.05. The van der Waals surface area contributed by atoms with Gasteiger partial charge >= 0.3 is 0 Å². The minimum absolute atomic E-state index is 0.0111. The molecule has 0 saturated carbocycles. The van der Waals surface area contributed by atoms with Crippen LogP contribution < -0.4 is 10.6 Å². The van der Waals surface area contributed by atoms with Crippen molar-refractivity contribution in [2.45, 2.75) is 51.2 Å². The van der Waals surface area contributed by atoms with Gasteiger partial charge in [0, 0.05) is 25.0 Å². The van der Waals surface area contributed by atoms with Crippen molar-refractivity contribution in [1.29, 1.82) is 0 Å². The fraction of sp³-hybridized carbons (Fsp3) is 0.750. The van der Waals surface area contributed by atoms with Crippen molar-refractivity contribution in [2.75, 3.05) is 6.54 Å². The number of carbonyl (C=O) groups is 3. The fourth-order valence-corrected chi connectivity index (χ4v) is 2.43. The molecule has 2 aliphatic heterocycles. The zero-order valence-corrected chi connectivity index (χ0v) is 10.7. The Bertz CT molecular complexity index is 383. The molecular formula is C12H19N3O3. The molecule has 6 nitrogen and oxygen atoms in total. The summed E-state index contributed by atoms with van der Waals surface area (Å²) < 4.78 is 0. The van der Waals surface area contributed by atoms with E-state index in [4.69, 9.17) is 0 Å². The molecular weight excluding hydrogens is 234 g/mol. The van der Waals surface area contributed by atoms with Gasteiger partial charge in [-0.2, -0.15) is 0 Å². The molecule has 0 bridgehead atoms. The van der Waals surface area contributed by atoms with Gasteiger partial charge in [0.05, 0.1) is 12.5 Å². The van der Waals surface area contributed by atoms with E-state index < -0.39 is 6.04 Å². The maximum absolute atomic E-state index is 12.1. The number of nitrogens with zero attached hydrogens (tertiary/aromatic N) is 1. The molecule has 2 fully saturated rings. The van der Waals surface area contributed by atoms with Crippen LogP contribution in [0.25, 0.3) is 0 Å². The molecule has 0 radical (unpaired) electrons. The van der Waals surface area contributed by atoms with Gasteiger partial charge in [-0.15, -0.1) is 0 Å². The van der Waals surface area contributed by atoms with Gasteiger partial charge in [0.1, 0.15) is 0 Å². The molecule has 0 aromatic rings. The molecule has 3 atom stereocenters. The summed E-state index contributed by atoms with van der Waals surface area (Å²) in [5.74, 6) is -0.291. The van der Waals surface area contributed by atoms with Gasteiger partial charge < -0.3 is 10.6 Å². The van der Waals surface area contributed by atoms with Crippen LogP contribution in [0.2, 0.25) is 0 Å². The van der Waals surface area contributed by atoms with E-state index in [0.717, 1.165) is 6.42 Å². The lowest BCUT2D eigenvalue weighted by molar-refractivity contribution is -0.141. The summed E-state index contributed by atoms with van der Waals surface area (Å²) in [7, 11) is 0. The fourth-order valence-electron chi connectivity index (χ4n) is 2.43. The normalized spacial score (nSPS) is 29.9. The van der Waals surface area contributed by atoms with Gasteiger partial charge in [-0.1, -0.05) is 6.92 Å². The predicted molar refractivity (Wildman–Crippen MR) is 64.6 cm³/mol. The zero-order valence-electron chi connectivity index (χ0n) is 10.7. The van der Waals surface area contributed by atoms with E-state index in [-0.39, 0.29) is 36.2 Å². The maximum Gasteiger partial charge on any atom is 0.247 e. The summed E-state index contributed by atoms with van der Waals surface area (Å²) in [6.45, 7) is 4.35. The molecule has 0 aliphatic carbocycles. The molecule has 0 aromatic heterocycles. The molecule has 3 unspecified atom stereocenters. The third-order valence-electron chi connectivity index (χ3n) is 3.63. The quantitative estimate of drug-likeness (QED) is 0.655. The Morgan fingerprint density at radius 2 is 2.11 bits per heavy atom. The number of rotatable bonds is 4. The minimum atomic E-state index is -0.468. The number of likely N-dealkylation sites (tertiary alicyclic amines) is 1. The number of hydrogen-bond donors (Lipinski definition) is 2. The van der Waals surface area contributed by atoms with E-state index in [9.17, 15) is 14.4 Å². The van der Waals surface area contributed by atoms with Crippen molar-refractivity contribution in [2.24, 2.45) is 0 Å². The standard InChI is InChI=1S/C12H19N3O3/c1-3-7(2)15-11(17)5-9(12(15)18)14-8-4-10(16)13-6-8/h7-9,14H,3-6H2,1-2H3,(H,13,16). The first-order valence-electron chi connectivity index (χ1n) is 6.41. The molecule has 2 N–H and O–H groups in total. The zero-order chi connectivity index (χ0) is 13.3. The molecule has 0 spiro atoms. The van der Waals surface area contributed by atoms with Gasteiger partial charge in [-0.25, -0.2) is 0 Å². The van der Waals surface area contributed by atoms with Crippen LogP contribution in [0, 0.1) is 0 Å². The van der Waals surface area contributed by atoms with E-state index in [1.54, 1.807) is 0 Å². The average molecular weight is 253 g/mol. The van der Waals surface area contributed by atoms with Crippen LogP contribution in [0.1, 0.15) is 33.1 Å². The maximum atomic E-state index is 12.1. The molecule has 3 amide bonds. The molecule has 2 heterocycles. The summed E-state index contributed by atoms with van der Waals surface area (Å²) in [6.07, 6.45) is 1.34. The van der Waals surface area contributed by atoms with Crippen LogP contribution >= 0.6 is 0 Å². The number of imide groups is 1. The van der Waals surface area contributed by atoms with E-state index in [1.165, 1.54) is 4.90 Å². The van der Waals surface area contributed by atoms with Crippen molar-refractivity contribution < 1.29 is 14.4 Å². The molecule has 18 heavy (non-hydrogen) atoms. The van der Waals surface area contributed by atoms with E-state index >= 15 is 0 Å². The van der Waals surface area contributed by atoms with Crippen LogP contribution in [-0.2, 0) is 14.4 Å². The lowest BCUT2D eigenvalue weighted by atomic mass is 10.2. The Hall–Kier alpha value is -1.43. The van der Waals surface area contributed by atoms with Crippen molar-refractivity contribution >= 4 is 17.7 Å². The van der Waals surface area contributed by atoms with Crippen LogP contribution in [0.5, 0.6) is 0 Å². The third kappa shape index (κ3) is 2.38. The van der Waals surface area contributed by atoms with Gasteiger partial charge in [-0.05, 0) is 13.3 Å². The first-order chi connectivity index (χ1) is 8.52. The topological polar surface area (TPSA) is 78.5 Å². The SMILES string of the molecule is CCC(C)N1C(=O)CC(NC2CNC(=O)C2)C1=O. The highest BCUT2D eigenvalue weighted by Crippen LogP contribution is 2.19.